The molecule has 0 saturated heterocycles. The monoisotopic (exact) mass is 346 g/mol. The largest absolute Gasteiger partial charge is 0.348 e. The smallest absolute Gasteiger partial charge is 0.270 e. The molecular weight excluding hydrogens is 328 g/mol. The number of nitrogens with one attached hydrogen (secondary N) is 1. The van der Waals surface area contributed by atoms with Crippen LogP contribution < -0.4 is 5.32 Å². The number of hydrogen-bond acceptors (Lipinski definition) is 2. The molecule has 110 valence electrons. The van der Waals surface area contributed by atoms with Gasteiger partial charge in [-0.2, -0.15) is 0 Å². The molecule has 3 nitrogen and oxygen atoms in total. The van der Waals surface area contributed by atoms with E-state index in [4.69, 9.17) is 0 Å². The lowest BCUT2D eigenvalue weighted by molar-refractivity contribution is 0.0924. The lowest BCUT2D eigenvalue weighted by Crippen LogP contribution is -2.36. The van der Waals surface area contributed by atoms with Gasteiger partial charge in [-0.05, 0) is 48.9 Å². The zero-order valence-corrected chi connectivity index (χ0v) is 13.7. The maximum Gasteiger partial charge on any atom is 0.270 e. The van der Waals surface area contributed by atoms with E-state index in [-0.39, 0.29) is 5.91 Å². The van der Waals surface area contributed by atoms with Crippen LogP contribution in [0.25, 0.3) is 10.8 Å². The molecule has 21 heavy (non-hydrogen) atoms. The fourth-order valence-corrected chi connectivity index (χ4v) is 3.76. The minimum Gasteiger partial charge on any atom is -0.348 e. The molecule has 1 aliphatic carbocycles. The van der Waals surface area contributed by atoms with E-state index < -0.39 is 0 Å². The molecule has 1 aliphatic rings. The van der Waals surface area contributed by atoms with Gasteiger partial charge in [0.1, 0.15) is 5.69 Å². The van der Waals surface area contributed by atoms with Crippen molar-refractivity contribution in [1.82, 2.24) is 10.3 Å². The van der Waals surface area contributed by atoms with Crippen molar-refractivity contribution in [3.8, 4) is 0 Å². The predicted octanol–water partition coefficient (Wildman–Crippen LogP) is 4.37. The summed E-state index contributed by atoms with van der Waals surface area (Å²) in [5.41, 5.74) is 1.65. The van der Waals surface area contributed by atoms with Gasteiger partial charge in [0.2, 0.25) is 0 Å². The topological polar surface area (TPSA) is 42.0 Å². The fourth-order valence-electron chi connectivity index (χ4n) is 3.06. The lowest BCUT2D eigenvalue weighted by Gasteiger charge is -2.22. The third kappa shape index (κ3) is 3.10. The van der Waals surface area contributed by atoms with E-state index in [0.29, 0.717) is 11.7 Å². The standard InChI is InChI=1S/C17H19BrN2O/c1-11-9-14-13(15(18)10-11)7-8-19-16(14)17(21)20-12-5-3-2-4-6-12/h7-10,12H,2-6H2,1H3,(H,20,21). The average Bonchev–Trinajstić information content (AvgIpc) is 2.47. The van der Waals surface area contributed by atoms with Crippen molar-refractivity contribution in [2.45, 2.75) is 45.1 Å². The minimum absolute atomic E-state index is 0.0509. The number of carbonyl (C=O) groups is 1. The van der Waals surface area contributed by atoms with Crippen LogP contribution in [0.5, 0.6) is 0 Å². The second kappa shape index (κ2) is 6.14. The molecule has 3 rings (SSSR count). The first kappa shape index (κ1) is 14.5. The number of rotatable bonds is 2. The first-order chi connectivity index (χ1) is 10.1. The highest BCUT2D eigenvalue weighted by Crippen LogP contribution is 2.27. The second-order valence-corrected chi connectivity index (χ2v) is 6.66. The molecular formula is C17H19BrN2O. The maximum atomic E-state index is 12.6. The van der Waals surface area contributed by atoms with E-state index in [1.165, 1.54) is 19.3 Å². The van der Waals surface area contributed by atoms with Gasteiger partial charge in [-0.1, -0.05) is 35.2 Å². The highest BCUT2D eigenvalue weighted by molar-refractivity contribution is 9.10. The van der Waals surface area contributed by atoms with Gasteiger partial charge in [0, 0.05) is 22.1 Å². The van der Waals surface area contributed by atoms with Crippen LogP contribution in [0.2, 0.25) is 0 Å². The minimum atomic E-state index is -0.0509. The molecule has 0 radical (unpaired) electrons. The first-order valence-corrected chi connectivity index (χ1v) is 8.30. The predicted molar refractivity (Wildman–Crippen MR) is 88.5 cm³/mol. The van der Waals surface area contributed by atoms with Crippen LogP contribution >= 0.6 is 15.9 Å². The molecule has 1 N–H and O–H groups in total. The summed E-state index contributed by atoms with van der Waals surface area (Å²) in [6.45, 7) is 2.03. The number of nitrogens with zero attached hydrogens (tertiary/aromatic N) is 1. The third-order valence-corrected chi connectivity index (χ3v) is 4.79. The number of fused-ring (bicyclic) bond motifs is 1. The zero-order chi connectivity index (χ0) is 14.8. The van der Waals surface area contributed by atoms with Crippen molar-refractivity contribution in [3.05, 3.63) is 40.1 Å². The third-order valence-electron chi connectivity index (χ3n) is 4.13. The molecule has 1 aromatic carbocycles. The number of halogens is 1. The van der Waals surface area contributed by atoms with Gasteiger partial charge < -0.3 is 5.32 Å². The van der Waals surface area contributed by atoms with Crippen molar-refractivity contribution in [1.29, 1.82) is 0 Å². The Morgan fingerprint density at radius 2 is 2.00 bits per heavy atom. The summed E-state index contributed by atoms with van der Waals surface area (Å²) in [7, 11) is 0. The summed E-state index contributed by atoms with van der Waals surface area (Å²) in [5, 5.41) is 5.10. The Labute approximate surface area is 133 Å². The van der Waals surface area contributed by atoms with Gasteiger partial charge in [0.25, 0.3) is 5.91 Å². The summed E-state index contributed by atoms with van der Waals surface area (Å²) in [6.07, 6.45) is 7.57. The summed E-state index contributed by atoms with van der Waals surface area (Å²) < 4.78 is 1.01. The molecule has 1 saturated carbocycles. The van der Waals surface area contributed by atoms with Crippen LogP contribution in [0.1, 0.15) is 48.2 Å². The molecule has 0 bridgehead atoms. The van der Waals surface area contributed by atoms with E-state index in [2.05, 4.69) is 32.3 Å². The first-order valence-electron chi connectivity index (χ1n) is 7.51. The van der Waals surface area contributed by atoms with E-state index >= 15 is 0 Å². The fraction of sp³-hybridized carbons (Fsp3) is 0.412. The van der Waals surface area contributed by atoms with Crippen molar-refractivity contribution < 1.29 is 4.79 Å². The number of pyridine rings is 1. The second-order valence-electron chi connectivity index (χ2n) is 5.81. The summed E-state index contributed by atoms with van der Waals surface area (Å²) >= 11 is 3.57. The summed E-state index contributed by atoms with van der Waals surface area (Å²) in [4.78, 5) is 16.9. The molecule has 0 atom stereocenters. The van der Waals surface area contributed by atoms with Crippen LogP contribution in [0, 0.1) is 6.92 Å². The highest BCUT2D eigenvalue weighted by Gasteiger charge is 2.19. The van der Waals surface area contributed by atoms with Crippen LogP contribution in [-0.4, -0.2) is 16.9 Å². The normalized spacial score (nSPS) is 16.1. The number of hydrogen-bond donors (Lipinski definition) is 1. The van der Waals surface area contributed by atoms with Gasteiger partial charge in [-0.25, -0.2) is 0 Å². The Hall–Kier alpha value is -1.42. The molecule has 1 aromatic heterocycles. The van der Waals surface area contributed by atoms with Crippen LogP contribution in [0.4, 0.5) is 0 Å². The van der Waals surface area contributed by atoms with Crippen LogP contribution in [0.3, 0.4) is 0 Å². The Bertz CT molecular complexity index is 678. The zero-order valence-electron chi connectivity index (χ0n) is 12.2. The number of aromatic nitrogens is 1. The Morgan fingerprint density at radius 3 is 2.76 bits per heavy atom. The van der Waals surface area contributed by atoms with Crippen molar-refractivity contribution in [3.63, 3.8) is 0 Å². The quantitative estimate of drug-likeness (QED) is 0.877. The van der Waals surface area contributed by atoms with Crippen molar-refractivity contribution in [2.24, 2.45) is 0 Å². The number of carbonyl (C=O) groups excluding carboxylic acids is 1. The van der Waals surface area contributed by atoms with E-state index in [1.807, 2.05) is 19.1 Å². The summed E-state index contributed by atoms with van der Waals surface area (Å²) in [6, 6.07) is 6.33. The Morgan fingerprint density at radius 1 is 1.24 bits per heavy atom. The average molecular weight is 347 g/mol. The molecule has 0 aliphatic heterocycles. The van der Waals surface area contributed by atoms with Gasteiger partial charge in [0.05, 0.1) is 0 Å². The molecule has 2 aromatic rings. The van der Waals surface area contributed by atoms with Crippen molar-refractivity contribution >= 4 is 32.6 Å². The van der Waals surface area contributed by atoms with E-state index in [1.54, 1.807) is 6.20 Å². The summed E-state index contributed by atoms with van der Waals surface area (Å²) in [5.74, 6) is -0.0509. The molecule has 1 fully saturated rings. The molecule has 1 heterocycles. The Balaban J connectivity index is 1.94. The van der Waals surface area contributed by atoms with Crippen molar-refractivity contribution in [2.75, 3.05) is 0 Å². The maximum absolute atomic E-state index is 12.6. The van der Waals surface area contributed by atoms with Gasteiger partial charge in [-0.3, -0.25) is 9.78 Å². The number of benzene rings is 1. The highest BCUT2D eigenvalue weighted by atomic mass is 79.9. The van der Waals surface area contributed by atoms with Gasteiger partial charge >= 0.3 is 0 Å². The Kier molecular flexibility index (Phi) is 4.24. The number of amides is 1. The van der Waals surface area contributed by atoms with Crippen LogP contribution in [0.15, 0.2) is 28.9 Å². The number of aryl methyl sites for hydroxylation is 1. The SMILES string of the molecule is Cc1cc(Br)c2ccnc(C(=O)NC3CCCCC3)c2c1. The molecule has 4 heteroatoms. The van der Waals surface area contributed by atoms with E-state index in [0.717, 1.165) is 33.7 Å². The van der Waals surface area contributed by atoms with Crippen LogP contribution in [-0.2, 0) is 0 Å². The molecule has 1 amide bonds. The van der Waals surface area contributed by atoms with Gasteiger partial charge in [-0.15, -0.1) is 0 Å². The molecule has 0 spiro atoms. The molecule has 0 unspecified atom stereocenters. The van der Waals surface area contributed by atoms with E-state index in [9.17, 15) is 4.79 Å². The van der Waals surface area contributed by atoms with Gasteiger partial charge in [0.15, 0.2) is 0 Å². The lowest BCUT2D eigenvalue weighted by atomic mass is 9.95.